The number of pyridine rings is 1. The summed E-state index contributed by atoms with van der Waals surface area (Å²) in [5, 5.41) is 5.81. The van der Waals surface area contributed by atoms with Crippen LogP contribution in [0, 0.1) is 0 Å². The van der Waals surface area contributed by atoms with E-state index in [1.807, 2.05) is 62.3 Å². The molecule has 0 radical (unpaired) electrons. The summed E-state index contributed by atoms with van der Waals surface area (Å²) >= 11 is 0. The van der Waals surface area contributed by atoms with Crippen LogP contribution in [0.25, 0.3) is 5.52 Å². The van der Waals surface area contributed by atoms with E-state index in [0.717, 1.165) is 12.1 Å². The molecule has 2 heterocycles. The molecule has 7 heteroatoms. The summed E-state index contributed by atoms with van der Waals surface area (Å²) in [4.78, 5) is 31.8. The lowest BCUT2D eigenvalue weighted by Crippen LogP contribution is -2.32. The third-order valence-electron chi connectivity index (χ3n) is 4.46. The second-order valence-corrected chi connectivity index (χ2v) is 6.90. The Labute approximate surface area is 164 Å². The van der Waals surface area contributed by atoms with E-state index in [2.05, 4.69) is 15.6 Å². The minimum absolute atomic E-state index is 0.179. The molecule has 146 valence electrons. The SMILES string of the molecule is CC(NC(=O)c1nc(C(=O)NCCN(C)C)c2ccccn12)c1ccccc1. The zero-order chi connectivity index (χ0) is 20.1. The highest BCUT2D eigenvalue weighted by molar-refractivity contribution is 6.02. The predicted molar refractivity (Wildman–Crippen MR) is 108 cm³/mol. The zero-order valence-corrected chi connectivity index (χ0v) is 16.3. The first-order valence-corrected chi connectivity index (χ1v) is 9.23. The van der Waals surface area contributed by atoms with Crippen LogP contribution in [0.1, 0.15) is 39.6 Å². The molecule has 0 aliphatic carbocycles. The van der Waals surface area contributed by atoms with E-state index in [9.17, 15) is 9.59 Å². The molecule has 0 aliphatic heterocycles. The van der Waals surface area contributed by atoms with Crippen LogP contribution in [-0.4, -0.2) is 53.3 Å². The van der Waals surface area contributed by atoms with Crippen molar-refractivity contribution in [2.75, 3.05) is 27.2 Å². The van der Waals surface area contributed by atoms with Gasteiger partial charge < -0.3 is 15.5 Å². The zero-order valence-electron chi connectivity index (χ0n) is 16.3. The second-order valence-electron chi connectivity index (χ2n) is 6.90. The summed E-state index contributed by atoms with van der Waals surface area (Å²) < 4.78 is 1.65. The van der Waals surface area contributed by atoms with Crippen LogP contribution in [0.5, 0.6) is 0 Å². The number of fused-ring (bicyclic) bond motifs is 1. The molecule has 1 atom stereocenters. The van der Waals surface area contributed by atoms with Crippen molar-refractivity contribution in [2.24, 2.45) is 0 Å². The molecule has 2 aromatic heterocycles. The van der Waals surface area contributed by atoms with Crippen molar-refractivity contribution >= 4 is 17.3 Å². The molecule has 2 amide bonds. The topological polar surface area (TPSA) is 78.7 Å². The maximum atomic E-state index is 12.8. The molecule has 3 rings (SSSR count). The quantitative estimate of drug-likeness (QED) is 0.659. The number of imidazole rings is 1. The molecule has 1 unspecified atom stereocenters. The molecule has 0 bridgehead atoms. The summed E-state index contributed by atoms with van der Waals surface area (Å²) in [6, 6.07) is 14.9. The highest BCUT2D eigenvalue weighted by Crippen LogP contribution is 2.16. The van der Waals surface area contributed by atoms with E-state index in [1.165, 1.54) is 0 Å². The van der Waals surface area contributed by atoms with Crippen molar-refractivity contribution in [2.45, 2.75) is 13.0 Å². The fourth-order valence-electron chi connectivity index (χ4n) is 2.93. The molecule has 0 aliphatic rings. The van der Waals surface area contributed by atoms with Gasteiger partial charge in [-0.3, -0.25) is 14.0 Å². The van der Waals surface area contributed by atoms with E-state index in [4.69, 9.17) is 0 Å². The number of benzene rings is 1. The van der Waals surface area contributed by atoms with Gasteiger partial charge in [0, 0.05) is 19.3 Å². The highest BCUT2D eigenvalue weighted by Gasteiger charge is 2.22. The third-order valence-corrected chi connectivity index (χ3v) is 4.46. The van der Waals surface area contributed by atoms with Crippen molar-refractivity contribution in [3.8, 4) is 0 Å². The van der Waals surface area contributed by atoms with Crippen LogP contribution < -0.4 is 10.6 Å². The molecule has 0 spiro atoms. The lowest BCUT2D eigenvalue weighted by Gasteiger charge is -2.13. The normalized spacial score (nSPS) is 12.1. The summed E-state index contributed by atoms with van der Waals surface area (Å²) in [7, 11) is 3.88. The van der Waals surface area contributed by atoms with Gasteiger partial charge in [0.05, 0.1) is 11.6 Å². The first-order valence-electron chi connectivity index (χ1n) is 9.23. The Hall–Kier alpha value is -3.19. The van der Waals surface area contributed by atoms with Crippen LogP contribution in [0.2, 0.25) is 0 Å². The van der Waals surface area contributed by atoms with Crippen LogP contribution in [0.4, 0.5) is 0 Å². The molecular weight excluding hydrogens is 354 g/mol. The fraction of sp³-hybridized carbons (Fsp3) is 0.286. The monoisotopic (exact) mass is 379 g/mol. The van der Waals surface area contributed by atoms with Crippen LogP contribution in [0.3, 0.4) is 0 Å². The number of aromatic nitrogens is 2. The fourth-order valence-corrected chi connectivity index (χ4v) is 2.93. The summed E-state index contributed by atoms with van der Waals surface area (Å²) in [6.45, 7) is 3.14. The van der Waals surface area contributed by atoms with Gasteiger partial charge in [0.2, 0.25) is 5.82 Å². The molecule has 2 N–H and O–H groups in total. The van der Waals surface area contributed by atoms with Crippen LogP contribution in [-0.2, 0) is 0 Å². The van der Waals surface area contributed by atoms with E-state index in [1.54, 1.807) is 22.7 Å². The Bertz CT molecular complexity index is 965. The maximum Gasteiger partial charge on any atom is 0.288 e. The Balaban J connectivity index is 1.83. The second kappa shape index (κ2) is 8.67. The van der Waals surface area contributed by atoms with E-state index in [-0.39, 0.29) is 29.4 Å². The molecule has 7 nitrogen and oxygen atoms in total. The van der Waals surface area contributed by atoms with Crippen molar-refractivity contribution in [3.05, 3.63) is 71.8 Å². The number of amides is 2. The van der Waals surface area contributed by atoms with Gasteiger partial charge in [0.1, 0.15) is 0 Å². The Kier molecular flexibility index (Phi) is 6.06. The number of nitrogens with zero attached hydrogens (tertiary/aromatic N) is 3. The first kappa shape index (κ1) is 19.6. The number of rotatable bonds is 7. The molecule has 0 saturated heterocycles. The summed E-state index contributed by atoms with van der Waals surface area (Å²) in [6.07, 6.45) is 1.74. The van der Waals surface area contributed by atoms with E-state index >= 15 is 0 Å². The van der Waals surface area contributed by atoms with Gasteiger partial charge >= 0.3 is 0 Å². The Morgan fingerprint density at radius 3 is 2.50 bits per heavy atom. The van der Waals surface area contributed by atoms with E-state index < -0.39 is 0 Å². The van der Waals surface area contributed by atoms with Gasteiger partial charge in [0.15, 0.2) is 5.69 Å². The maximum absolute atomic E-state index is 12.8. The summed E-state index contributed by atoms with van der Waals surface area (Å²) in [5.74, 6) is -0.429. The standard InChI is InChI=1S/C21H25N5O2/c1-15(16-9-5-4-6-10-16)23-21(28)19-24-18(17-11-7-8-13-26(17)19)20(27)22-12-14-25(2)3/h4-11,13,15H,12,14H2,1-3H3,(H,22,27)(H,23,28). The van der Waals surface area contributed by atoms with Crippen molar-refractivity contribution in [3.63, 3.8) is 0 Å². The van der Waals surface area contributed by atoms with Crippen molar-refractivity contribution in [1.29, 1.82) is 0 Å². The van der Waals surface area contributed by atoms with Gasteiger partial charge in [-0.15, -0.1) is 0 Å². The number of likely N-dealkylation sites (N-methyl/N-ethyl adjacent to an activating group) is 1. The van der Waals surface area contributed by atoms with Crippen LogP contribution >= 0.6 is 0 Å². The lowest BCUT2D eigenvalue weighted by molar-refractivity contribution is 0.0928. The Morgan fingerprint density at radius 1 is 1.07 bits per heavy atom. The minimum Gasteiger partial charge on any atom is -0.349 e. The lowest BCUT2D eigenvalue weighted by atomic mass is 10.1. The molecule has 1 aromatic carbocycles. The molecular formula is C21H25N5O2. The summed E-state index contributed by atoms with van der Waals surface area (Å²) in [5.41, 5.74) is 1.85. The molecule has 0 fully saturated rings. The highest BCUT2D eigenvalue weighted by atomic mass is 16.2. The van der Waals surface area contributed by atoms with Gasteiger partial charge in [0.25, 0.3) is 11.8 Å². The van der Waals surface area contributed by atoms with Gasteiger partial charge in [-0.1, -0.05) is 36.4 Å². The third kappa shape index (κ3) is 4.37. The smallest absolute Gasteiger partial charge is 0.288 e. The first-order chi connectivity index (χ1) is 13.5. The minimum atomic E-state index is -0.329. The van der Waals surface area contributed by atoms with Crippen molar-refractivity contribution in [1.82, 2.24) is 24.9 Å². The van der Waals surface area contributed by atoms with E-state index in [0.29, 0.717) is 12.1 Å². The number of hydrogen-bond acceptors (Lipinski definition) is 4. The van der Waals surface area contributed by atoms with Gasteiger partial charge in [-0.25, -0.2) is 4.98 Å². The predicted octanol–water partition coefficient (Wildman–Crippen LogP) is 2.12. The number of hydrogen-bond donors (Lipinski definition) is 2. The van der Waals surface area contributed by atoms with Gasteiger partial charge in [-0.2, -0.15) is 0 Å². The molecule has 28 heavy (non-hydrogen) atoms. The van der Waals surface area contributed by atoms with Crippen molar-refractivity contribution < 1.29 is 9.59 Å². The average Bonchev–Trinajstić information content (AvgIpc) is 3.08. The average molecular weight is 379 g/mol. The number of carbonyl (C=O) groups is 2. The Morgan fingerprint density at radius 2 is 1.79 bits per heavy atom. The largest absolute Gasteiger partial charge is 0.349 e. The van der Waals surface area contributed by atoms with Crippen LogP contribution in [0.15, 0.2) is 54.7 Å². The molecule has 0 saturated carbocycles. The molecule has 3 aromatic rings. The van der Waals surface area contributed by atoms with Gasteiger partial charge in [-0.05, 0) is 38.7 Å². The number of nitrogens with one attached hydrogen (secondary N) is 2. The number of carbonyl (C=O) groups excluding carboxylic acids is 2.